The fraction of sp³-hybridized carbons (Fsp3) is 0.0833. The maximum atomic E-state index is 5.80. The Morgan fingerprint density at radius 3 is 2.71 bits per heavy atom. The molecule has 0 radical (unpaired) electrons. The second-order valence-electron chi connectivity index (χ2n) is 3.59. The Bertz CT molecular complexity index is 554. The molecule has 86 valence electrons. The number of nitrogens with zero attached hydrogens (tertiary/aromatic N) is 4. The lowest BCUT2D eigenvalue weighted by atomic mass is 10.3. The van der Waals surface area contributed by atoms with E-state index in [2.05, 4.69) is 22.0 Å². The summed E-state index contributed by atoms with van der Waals surface area (Å²) in [6.45, 7) is 5.66. The molecule has 0 fully saturated rings. The SMILES string of the molecule is C=C(C)/C=C/c1nnn(-c2ccc(Cl)cc2)n1. The molecule has 0 amide bonds. The third-order valence-corrected chi connectivity index (χ3v) is 2.26. The third-order valence-electron chi connectivity index (χ3n) is 2.00. The summed E-state index contributed by atoms with van der Waals surface area (Å²) in [5.74, 6) is 0.544. The summed E-state index contributed by atoms with van der Waals surface area (Å²) < 4.78 is 0. The van der Waals surface area contributed by atoms with Crippen molar-refractivity contribution >= 4 is 17.7 Å². The fourth-order valence-corrected chi connectivity index (χ4v) is 1.32. The largest absolute Gasteiger partial charge is 0.198 e. The summed E-state index contributed by atoms with van der Waals surface area (Å²) in [5, 5.41) is 12.7. The summed E-state index contributed by atoms with van der Waals surface area (Å²) in [4.78, 5) is 1.45. The molecule has 2 aromatic rings. The van der Waals surface area contributed by atoms with Gasteiger partial charge in [0, 0.05) is 5.02 Å². The van der Waals surface area contributed by atoms with Crippen molar-refractivity contribution in [3.8, 4) is 5.69 Å². The minimum Gasteiger partial charge on any atom is -0.131 e. The summed E-state index contributed by atoms with van der Waals surface area (Å²) in [6.07, 6.45) is 3.60. The van der Waals surface area contributed by atoms with Gasteiger partial charge in [0.1, 0.15) is 0 Å². The molecule has 17 heavy (non-hydrogen) atoms. The lowest BCUT2D eigenvalue weighted by Crippen LogP contribution is -1.98. The van der Waals surface area contributed by atoms with Gasteiger partial charge in [-0.1, -0.05) is 29.8 Å². The molecule has 0 N–H and O–H groups in total. The highest BCUT2D eigenvalue weighted by Crippen LogP contribution is 2.11. The average Bonchev–Trinajstić information content (AvgIpc) is 2.76. The van der Waals surface area contributed by atoms with E-state index in [4.69, 9.17) is 11.6 Å². The number of benzene rings is 1. The number of allylic oxidation sites excluding steroid dienone is 2. The van der Waals surface area contributed by atoms with E-state index in [0.29, 0.717) is 10.8 Å². The van der Waals surface area contributed by atoms with Crippen LogP contribution in [0.15, 0.2) is 42.5 Å². The highest BCUT2D eigenvalue weighted by molar-refractivity contribution is 6.30. The maximum absolute atomic E-state index is 5.80. The van der Waals surface area contributed by atoms with E-state index in [9.17, 15) is 0 Å². The molecule has 1 heterocycles. The van der Waals surface area contributed by atoms with Crippen LogP contribution in [0.1, 0.15) is 12.7 Å². The van der Waals surface area contributed by atoms with E-state index >= 15 is 0 Å². The van der Waals surface area contributed by atoms with Gasteiger partial charge in [0.05, 0.1) is 5.69 Å². The Labute approximate surface area is 104 Å². The Kier molecular flexibility index (Phi) is 3.35. The van der Waals surface area contributed by atoms with Crippen LogP contribution in [-0.2, 0) is 0 Å². The summed E-state index contributed by atoms with van der Waals surface area (Å²) in [5.41, 5.74) is 1.75. The van der Waals surface area contributed by atoms with Crippen molar-refractivity contribution in [1.29, 1.82) is 0 Å². The van der Waals surface area contributed by atoms with Crippen LogP contribution in [0.3, 0.4) is 0 Å². The number of tetrazole rings is 1. The molecule has 0 bridgehead atoms. The smallest absolute Gasteiger partial charge is 0.131 e. The van der Waals surface area contributed by atoms with Gasteiger partial charge in [0.15, 0.2) is 5.82 Å². The van der Waals surface area contributed by atoms with Gasteiger partial charge in [-0.05, 0) is 42.5 Å². The van der Waals surface area contributed by atoms with Crippen molar-refractivity contribution in [2.24, 2.45) is 0 Å². The molecule has 0 saturated heterocycles. The summed E-state index contributed by atoms with van der Waals surface area (Å²) >= 11 is 5.80. The monoisotopic (exact) mass is 246 g/mol. The highest BCUT2D eigenvalue weighted by Gasteiger charge is 2.01. The van der Waals surface area contributed by atoms with Gasteiger partial charge in [-0.25, -0.2) is 0 Å². The molecule has 0 atom stereocenters. The predicted molar refractivity (Wildman–Crippen MR) is 68.0 cm³/mol. The molecular weight excluding hydrogens is 236 g/mol. The Hall–Kier alpha value is -1.94. The van der Waals surface area contributed by atoms with E-state index < -0.39 is 0 Å². The molecule has 4 nitrogen and oxygen atoms in total. The lowest BCUT2D eigenvalue weighted by molar-refractivity contribution is 0.719. The summed E-state index contributed by atoms with van der Waals surface area (Å²) in [6, 6.07) is 7.22. The number of aromatic nitrogens is 4. The minimum absolute atomic E-state index is 0.544. The van der Waals surface area contributed by atoms with Gasteiger partial charge in [0.25, 0.3) is 0 Å². The zero-order chi connectivity index (χ0) is 12.3. The van der Waals surface area contributed by atoms with Gasteiger partial charge < -0.3 is 0 Å². The van der Waals surface area contributed by atoms with E-state index in [0.717, 1.165) is 11.3 Å². The molecular formula is C12H11ClN4. The molecule has 2 rings (SSSR count). The first-order valence-corrected chi connectivity index (χ1v) is 5.42. The zero-order valence-electron chi connectivity index (χ0n) is 9.34. The normalized spacial score (nSPS) is 10.9. The molecule has 0 aliphatic rings. The number of hydrogen-bond donors (Lipinski definition) is 0. The van der Waals surface area contributed by atoms with Crippen LogP contribution in [0.5, 0.6) is 0 Å². The topological polar surface area (TPSA) is 43.6 Å². The van der Waals surface area contributed by atoms with Gasteiger partial charge in [-0.15, -0.1) is 15.0 Å². The summed E-state index contributed by atoms with van der Waals surface area (Å²) in [7, 11) is 0. The fourth-order valence-electron chi connectivity index (χ4n) is 1.19. The van der Waals surface area contributed by atoms with Crippen LogP contribution in [0.2, 0.25) is 5.02 Å². The van der Waals surface area contributed by atoms with Gasteiger partial charge in [0.2, 0.25) is 0 Å². The maximum Gasteiger partial charge on any atom is 0.198 e. The molecule has 0 saturated carbocycles. The Morgan fingerprint density at radius 2 is 2.06 bits per heavy atom. The number of rotatable bonds is 3. The number of halogens is 1. The van der Waals surface area contributed by atoms with E-state index in [1.165, 1.54) is 4.80 Å². The van der Waals surface area contributed by atoms with Crippen LogP contribution in [0.25, 0.3) is 11.8 Å². The predicted octanol–water partition coefficient (Wildman–Crippen LogP) is 2.91. The van der Waals surface area contributed by atoms with Gasteiger partial charge in [-0.3, -0.25) is 0 Å². The molecule has 0 aliphatic heterocycles. The van der Waals surface area contributed by atoms with Crippen molar-refractivity contribution in [3.63, 3.8) is 0 Å². The van der Waals surface area contributed by atoms with Crippen LogP contribution >= 0.6 is 11.6 Å². The first kappa shape index (κ1) is 11.5. The van der Waals surface area contributed by atoms with Gasteiger partial charge >= 0.3 is 0 Å². The first-order chi connectivity index (χ1) is 8.15. The molecule has 0 aliphatic carbocycles. The Balaban J connectivity index is 2.23. The van der Waals surface area contributed by atoms with E-state index in [1.807, 2.05) is 25.1 Å². The van der Waals surface area contributed by atoms with Crippen molar-refractivity contribution in [1.82, 2.24) is 20.2 Å². The van der Waals surface area contributed by atoms with Crippen LogP contribution in [0, 0.1) is 0 Å². The van der Waals surface area contributed by atoms with E-state index in [-0.39, 0.29) is 0 Å². The molecule has 0 unspecified atom stereocenters. The zero-order valence-corrected chi connectivity index (χ0v) is 10.1. The lowest BCUT2D eigenvalue weighted by Gasteiger charge is -1.96. The highest BCUT2D eigenvalue weighted by atomic mass is 35.5. The van der Waals surface area contributed by atoms with Gasteiger partial charge in [-0.2, -0.15) is 0 Å². The Morgan fingerprint density at radius 1 is 1.35 bits per heavy atom. The standard InChI is InChI=1S/C12H11ClN4/c1-9(2)3-8-12-14-16-17(15-12)11-6-4-10(13)5-7-11/h3-8H,1H2,2H3/b8-3+. The van der Waals surface area contributed by atoms with Crippen molar-refractivity contribution < 1.29 is 0 Å². The van der Waals surface area contributed by atoms with Crippen LogP contribution < -0.4 is 0 Å². The molecule has 5 heteroatoms. The van der Waals surface area contributed by atoms with Crippen LogP contribution in [0.4, 0.5) is 0 Å². The molecule has 1 aromatic carbocycles. The quantitative estimate of drug-likeness (QED) is 0.782. The average molecular weight is 247 g/mol. The third kappa shape index (κ3) is 3.01. The first-order valence-electron chi connectivity index (χ1n) is 5.05. The second kappa shape index (κ2) is 4.93. The van der Waals surface area contributed by atoms with E-state index in [1.54, 1.807) is 18.2 Å². The number of hydrogen-bond acceptors (Lipinski definition) is 3. The van der Waals surface area contributed by atoms with Crippen molar-refractivity contribution in [2.75, 3.05) is 0 Å². The molecule has 1 aromatic heterocycles. The molecule has 0 spiro atoms. The minimum atomic E-state index is 0.544. The second-order valence-corrected chi connectivity index (χ2v) is 4.03. The van der Waals surface area contributed by atoms with Crippen molar-refractivity contribution in [3.05, 3.63) is 53.3 Å². The van der Waals surface area contributed by atoms with Crippen molar-refractivity contribution in [2.45, 2.75) is 6.92 Å². The van der Waals surface area contributed by atoms with Crippen LogP contribution in [-0.4, -0.2) is 20.2 Å².